The number of nitrogens with one attached hydrogen (secondary N) is 1. The van der Waals surface area contributed by atoms with E-state index >= 15 is 0 Å². The first kappa shape index (κ1) is 16.5. The van der Waals surface area contributed by atoms with Gasteiger partial charge < -0.3 is 20.9 Å². The number of hydrogen-bond acceptors (Lipinski definition) is 6. The van der Waals surface area contributed by atoms with E-state index in [-0.39, 0.29) is 18.8 Å². The molecule has 1 amide bonds. The van der Waals surface area contributed by atoms with Crippen LogP contribution in [0, 0.1) is 0 Å². The first-order chi connectivity index (χ1) is 10.3. The number of carbonyl (C=O) groups excluding carboxylic acids is 1. The van der Waals surface area contributed by atoms with Crippen LogP contribution in [0.5, 0.6) is 0 Å². The number of rotatable bonds is 4. The summed E-state index contributed by atoms with van der Waals surface area (Å²) in [4.78, 5) is 26.4. The average molecular weight is 318 g/mol. The molecule has 0 aliphatic carbocycles. The van der Waals surface area contributed by atoms with Crippen LogP contribution in [-0.4, -0.2) is 45.2 Å². The Hall–Kier alpha value is -1.91. The molecule has 1 saturated heterocycles. The first-order valence-corrected chi connectivity index (χ1v) is 6.61. The normalized spacial score (nSPS) is 26.9. The van der Waals surface area contributed by atoms with Crippen molar-refractivity contribution in [2.75, 3.05) is 11.9 Å². The monoisotopic (exact) mass is 318 g/mol. The lowest BCUT2D eigenvalue weighted by Crippen LogP contribution is -2.41. The Morgan fingerprint density at radius 3 is 2.82 bits per heavy atom. The lowest BCUT2D eigenvalue weighted by molar-refractivity contribution is -0.140. The summed E-state index contributed by atoms with van der Waals surface area (Å²) in [6.07, 6.45) is -3.86. The first-order valence-electron chi connectivity index (χ1n) is 6.61. The molecule has 1 aromatic rings. The largest absolute Gasteiger partial charge is 0.384 e. The molecule has 3 atom stereocenters. The molecule has 0 spiro atoms. The van der Waals surface area contributed by atoms with E-state index in [1.165, 1.54) is 6.07 Å². The SMILES string of the molecule is CC[C@H]1O[C@@H](n2ccc(NC(=O)CN)nc2=O)C(F)(F)[C@@H]1O. The molecule has 2 heterocycles. The molecule has 122 valence electrons. The van der Waals surface area contributed by atoms with Crippen molar-refractivity contribution < 1.29 is 23.4 Å². The summed E-state index contributed by atoms with van der Waals surface area (Å²) in [7, 11) is 0. The highest BCUT2D eigenvalue weighted by Gasteiger charge is 2.59. The van der Waals surface area contributed by atoms with Gasteiger partial charge in [0.2, 0.25) is 12.1 Å². The zero-order valence-electron chi connectivity index (χ0n) is 11.7. The number of nitrogens with two attached hydrogens (primary N) is 1. The highest BCUT2D eigenvalue weighted by atomic mass is 19.3. The molecule has 8 nitrogen and oxygen atoms in total. The molecular weight excluding hydrogens is 302 g/mol. The molecule has 1 aliphatic rings. The van der Waals surface area contributed by atoms with Crippen molar-refractivity contribution in [3.63, 3.8) is 0 Å². The summed E-state index contributed by atoms with van der Waals surface area (Å²) >= 11 is 0. The van der Waals surface area contributed by atoms with E-state index in [0.29, 0.717) is 4.57 Å². The molecule has 0 saturated carbocycles. The van der Waals surface area contributed by atoms with E-state index in [0.717, 1.165) is 6.20 Å². The minimum absolute atomic E-state index is 0.106. The van der Waals surface area contributed by atoms with Crippen molar-refractivity contribution in [1.82, 2.24) is 9.55 Å². The van der Waals surface area contributed by atoms with Gasteiger partial charge in [-0.25, -0.2) is 4.79 Å². The summed E-state index contributed by atoms with van der Waals surface area (Å²) in [6.45, 7) is 1.28. The molecule has 4 N–H and O–H groups in total. The van der Waals surface area contributed by atoms with Crippen molar-refractivity contribution in [2.24, 2.45) is 5.73 Å². The van der Waals surface area contributed by atoms with Gasteiger partial charge in [-0.1, -0.05) is 6.92 Å². The zero-order valence-corrected chi connectivity index (χ0v) is 11.7. The van der Waals surface area contributed by atoms with Crippen molar-refractivity contribution in [1.29, 1.82) is 0 Å². The van der Waals surface area contributed by atoms with Gasteiger partial charge in [0.1, 0.15) is 11.9 Å². The van der Waals surface area contributed by atoms with Crippen molar-refractivity contribution in [3.8, 4) is 0 Å². The van der Waals surface area contributed by atoms with Crippen LogP contribution in [-0.2, 0) is 9.53 Å². The maximum Gasteiger partial charge on any atom is 0.351 e. The standard InChI is InChI=1S/C12H16F2N4O4/c1-2-6-9(20)12(13,14)10(22-6)18-4-3-7(17-11(18)21)16-8(19)5-15/h3-4,6,9-10,20H,2,5,15H2,1H3,(H,16,17,19,21)/t6-,9-,10-/m1/s1. The molecule has 1 aromatic heterocycles. The van der Waals surface area contributed by atoms with E-state index < -0.39 is 36.0 Å². The van der Waals surface area contributed by atoms with E-state index in [1.807, 2.05) is 0 Å². The number of alkyl halides is 2. The molecule has 22 heavy (non-hydrogen) atoms. The van der Waals surface area contributed by atoms with Crippen LogP contribution in [0.3, 0.4) is 0 Å². The Labute approximate surface area is 123 Å². The predicted octanol–water partition coefficient (Wildman–Crippen LogP) is -0.556. The fourth-order valence-electron chi connectivity index (χ4n) is 2.15. The fraction of sp³-hybridized carbons (Fsp3) is 0.583. The number of amides is 1. The second kappa shape index (κ2) is 6.07. The quantitative estimate of drug-likeness (QED) is 0.685. The number of hydrogen-bond donors (Lipinski definition) is 3. The smallest absolute Gasteiger partial charge is 0.351 e. The van der Waals surface area contributed by atoms with Crippen LogP contribution in [0.2, 0.25) is 0 Å². The molecule has 0 aromatic carbocycles. The average Bonchev–Trinajstić information content (AvgIpc) is 2.70. The van der Waals surface area contributed by atoms with Gasteiger partial charge in [0, 0.05) is 6.20 Å². The van der Waals surface area contributed by atoms with Crippen LogP contribution in [0.25, 0.3) is 0 Å². The van der Waals surface area contributed by atoms with E-state index in [4.69, 9.17) is 10.5 Å². The van der Waals surface area contributed by atoms with Crippen LogP contribution < -0.4 is 16.7 Å². The van der Waals surface area contributed by atoms with Gasteiger partial charge in [-0.3, -0.25) is 9.36 Å². The topological polar surface area (TPSA) is 119 Å². The highest BCUT2D eigenvalue weighted by Crippen LogP contribution is 2.42. The van der Waals surface area contributed by atoms with Gasteiger partial charge in [-0.05, 0) is 12.5 Å². The molecule has 1 aliphatic heterocycles. The Morgan fingerprint density at radius 1 is 1.64 bits per heavy atom. The van der Waals surface area contributed by atoms with E-state index in [2.05, 4.69) is 10.3 Å². The van der Waals surface area contributed by atoms with Crippen LogP contribution in [0.1, 0.15) is 19.6 Å². The molecule has 1 fully saturated rings. The van der Waals surface area contributed by atoms with Gasteiger partial charge in [-0.15, -0.1) is 0 Å². The second-order valence-corrected chi connectivity index (χ2v) is 4.81. The van der Waals surface area contributed by atoms with Crippen molar-refractivity contribution in [3.05, 3.63) is 22.7 Å². The maximum absolute atomic E-state index is 14.0. The third-order valence-corrected chi connectivity index (χ3v) is 3.32. The molecule has 0 unspecified atom stereocenters. The maximum atomic E-state index is 14.0. The number of aromatic nitrogens is 2. The number of halogens is 2. The van der Waals surface area contributed by atoms with Crippen LogP contribution >= 0.6 is 0 Å². The number of carbonyl (C=O) groups is 1. The minimum atomic E-state index is -3.63. The summed E-state index contributed by atoms with van der Waals surface area (Å²) in [5, 5.41) is 11.8. The number of aliphatic hydroxyl groups is 1. The van der Waals surface area contributed by atoms with Gasteiger partial charge >= 0.3 is 11.6 Å². The van der Waals surface area contributed by atoms with E-state index in [9.17, 15) is 23.5 Å². The third kappa shape index (κ3) is 2.85. The van der Waals surface area contributed by atoms with Gasteiger partial charge in [0.05, 0.1) is 12.6 Å². The highest BCUT2D eigenvalue weighted by molar-refractivity contribution is 5.91. The summed E-state index contributed by atoms with van der Waals surface area (Å²) in [5.41, 5.74) is 4.06. The van der Waals surface area contributed by atoms with Crippen LogP contribution in [0.15, 0.2) is 17.1 Å². The number of ether oxygens (including phenoxy) is 1. The summed E-state index contributed by atoms with van der Waals surface area (Å²) in [6, 6.07) is 1.17. The molecule has 2 rings (SSSR count). The zero-order chi connectivity index (χ0) is 16.5. The van der Waals surface area contributed by atoms with Gasteiger partial charge in [0.25, 0.3) is 0 Å². The number of nitrogens with zero attached hydrogens (tertiary/aromatic N) is 2. The third-order valence-electron chi connectivity index (χ3n) is 3.32. The summed E-state index contributed by atoms with van der Waals surface area (Å²) in [5.74, 6) is -4.31. The Bertz CT molecular complexity index is 621. The Balaban J connectivity index is 2.30. The lowest BCUT2D eigenvalue weighted by atomic mass is 10.1. The Kier molecular flexibility index (Phi) is 4.54. The number of anilines is 1. The van der Waals surface area contributed by atoms with Gasteiger partial charge in [-0.2, -0.15) is 13.8 Å². The molecule has 0 radical (unpaired) electrons. The molecule has 0 bridgehead atoms. The predicted molar refractivity (Wildman–Crippen MR) is 71.3 cm³/mol. The fourth-order valence-corrected chi connectivity index (χ4v) is 2.15. The van der Waals surface area contributed by atoms with Crippen LogP contribution in [0.4, 0.5) is 14.6 Å². The second-order valence-electron chi connectivity index (χ2n) is 4.81. The van der Waals surface area contributed by atoms with Crippen molar-refractivity contribution in [2.45, 2.75) is 37.7 Å². The van der Waals surface area contributed by atoms with E-state index in [1.54, 1.807) is 6.92 Å². The van der Waals surface area contributed by atoms with Gasteiger partial charge in [0.15, 0.2) is 0 Å². The molecular formula is C12H16F2N4O4. The lowest BCUT2D eigenvalue weighted by Gasteiger charge is -2.21. The summed E-state index contributed by atoms with van der Waals surface area (Å²) < 4.78 is 33.7. The minimum Gasteiger partial charge on any atom is -0.384 e. The Morgan fingerprint density at radius 2 is 2.32 bits per heavy atom. The number of aliphatic hydroxyl groups excluding tert-OH is 1. The molecule has 10 heteroatoms. The van der Waals surface area contributed by atoms with Crippen molar-refractivity contribution >= 4 is 11.7 Å².